The molecule has 0 aromatic carbocycles. The Kier molecular flexibility index (Phi) is 6.56. The lowest BCUT2D eigenvalue weighted by atomic mass is 10.3. The fourth-order valence-corrected chi connectivity index (χ4v) is 1.24. The average molecular weight is 179 g/mol. The van der Waals surface area contributed by atoms with E-state index in [1.807, 2.05) is 0 Å². The van der Waals surface area contributed by atoms with Crippen LogP contribution in [0.25, 0.3) is 0 Å². The average Bonchev–Trinajstić information content (AvgIpc) is 1.85. The molecule has 0 unspecified atom stereocenters. The molecule has 68 valence electrons. The lowest BCUT2D eigenvalue weighted by Crippen LogP contribution is -2.23. The van der Waals surface area contributed by atoms with Crippen molar-refractivity contribution >= 4 is 10.7 Å². The zero-order valence-electron chi connectivity index (χ0n) is 7.17. The molecule has 0 radical (unpaired) electrons. The van der Waals surface area contributed by atoms with Crippen molar-refractivity contribution in [3.8, 4) is 0 Å². The molecule has 0 atom stereocenters. The van der Waals surface area contributed by atoms with Gasteiger partial charge >= 0.3 is 0 Å². The van der Waals surface area contributed by atoms with Crippen molar-refractivity contribution in [2.75, 3.05) is 12.3 Å². The van der Waals surface area contributed by atoms with E-state index in [1.165, 1.54) is 0 Å². The second-order valence-electron chi connectivity index (χ2n) is 2.87. The molecule has 0 spiro atoms. The van der Waals surface area contributed by atoms with Gasteiger partial charge in [-0.05, 0) is 19.4 Å². The van der Waals surface area contributed by atoms with Gasteiger partial charge < -0.3 is 5.32 Å². The minimum Gasteiger partial charge on any atom is -0.315 e. The number of nitrogens with one attached hydrogen (secondary N) is 1. The van der Waals surface area contributed by atoms with E-state index in [0.29, 0.717) is 11.8 Å². The third-order valence-electron chi connectivity index (χ3n) is 1.32. The first-order valence-electron chi connectivity index (χ1n) is 3.98. The van der Waals surface area contributed by atoms with E-state index in [1.54, 1.807) is 0 Å². The predicted octanol–water partition coefficient (Wildman–Crippen LogP) is 0.376. The predicted molar refractivity (Wildman–Crippen MR) is 47.6 cm³/mol. The standard InChI is InChI=1S/C7H17NO2S/c1-7(2)8-5-3-4-6-11(9)10/h7-8,11H,3-6H2,1-2H3. The molecule has 0 saturated carbocycles. The fourth-order valence-electron chi connectivity index (χ4n) is 0.757. The lowest BCUT2D eigenvalue weighted by Gasteiger charge is -2.05. The van der Waals surface area contributed by atoms with Crippen molar-refractivity contribution in [3.05, 3.63) is 0 Å². The van der Waals surface area contributed by atoms with Crippen LogP contribution in [0.1, 0.15) is 26.7 Å². The van der Waals surface area contributed by atoms with Crippen molar-refractivity contribution in [3.63, 3.8) is 0 Å². The summed E-state index contributed by atoms with van der Waals surface area (Å²) in [6.07, 6.45) is 1.72. The SMILES string of the molecule is CC(C)NCCCC[SH](=O)=O. The van der Waals surface area contributed by atoms with Crippen LogP contribution in [0.5, 0.6) is 0 Å². The number of thiol groups is 1. The van der Waals surface area contributed by atoms with E-state index in [0.717, 1.165) is 19.4 Å². The van der Waals surface area contributed by atoms with Crippen molar-refractivity contribution in [1.82, 2.24) is 5.32 Å². The summed E-state index contributed by atoms with van der Waals surface area (Å²) in [6, 6.07) is 0.496. The summed E-state index contributed by atoms with van der Waals surface area (Å²) in [5.41, 5.74) is 0. The molecule has 0 fully saturated rings. The Hall–Kier alpha value is -0.0900. The summed E-state index contributed by atoms with van der Waals surface area (Å²) >= 11 is 0. The first-order chi connectivity index (χ1) is 5.13. The molecule has 0 aromatic heterocycles. The van der Waals surface area contributed by atoms with Crippen LogP contribution in [0.4, 0.5) is 0 Å². The first kappa shape index (κ1) is 10.9. The Morgan fingerprint density at radius 3 is 2.36 bits per heavy atom. The third kappa shape index (κ3) is 9.91. The largest absolute Gasteiger partial charge is 0.315 e. The Bertz CT molecular complexity index is 147. The fraction of sp³-hybridized carbons (Fsp3) is 1.00. The topological polar surface area (TPSA) is 46.2 Å². The highest BCUT2D eigenvalue weighted by atomic mass is 32.2. The quantitative estimate of drug-likeness (QED) is 0.457. The minimum absolute atomic E-state index is 0.328. The van der Waals surface area contributed by atoms with Crippen molar-refractivity contribution < 1.29 is 8.42 Å². The van der Waals surface area contributed by atoms with Crippen LogP contribution < -0.4 is 5.32 Å². The van der Waals surface area contributed by atoms with Gasteiger partial charge in [0.15, 0.2) is 0 Å². The summed E-state index contributed by atoms with van der Waals surface area (Å²) in [4.78, 5) is 0. The van der Waals surface area contributed by atoms with Crippen molar-refractivity contribution in [1.29, 1.82) is 0 Å². The maximum atomic E-state index is 10.1. The summed E-state index contributed by atoms with van der Waals surface area (Å²) in [7, 11) is -2.16. The van der Waals surface area contributed by atoms with E-state index in [9.17, 15) is 8.42 Å². The van der Waals surface area contributed by atoms with Crippen LogP contribution in [-0.4, -0.2) is 26.8 Å². The van der Waals surface area contributed by atoms with E-state index < -0.39 is 10.7 Å². The van der Waals surface area contributed by atoms with E-state index in [2.05, 4.69) is 19.2 Å². The summed E-state index contributed by atoms with van der Waals surface area (Å²) < 4.78 is 20.2. The van der Waals surface area contributed by atoms with Crippen LogP contribution in [0.15, 0.2) is 0 Å². The third-order valence-corrected chi connectivity index (χ3v) is 2.00. The number of hydrogen-bond donors (Lipinski definition) is 2. The zero-order valence-corrected chi connectivity index (χ0v) is 8.06. The molecule has 0 aliphatic carbocycles. The highest BCUT2D eigenvalue weighted by Gasteiger charge is 1.92. The molecular formula is C7H17NO2S. The highest BCUT2D eigenvalue weighted by molar-refractivity contribution is 7.72. The maximum Gasteiger partial charge on any atom is 0.140 e. The van der Waals surface area contributed by atoms with Crippen molar-refractivity contribution in [2.24, 2.45) is 0 Å². The monoisotopic (exact) mass is 179 g/mol. The van der Waals surface area contributed by atoms with Gasteiger partial charge in [-0.25, -0.2) is 8.42 Å². The van der Waals surface area contributed by atoms with Crippen LogP contribution in [0.2, 0.25) is 0 Å². The summed E-state index contributed by atoms with van der Waals surface area (Å²) in [5, 5.41) is 3.22. The zero-order chi connectivity index (χ0) is 8.69. The Balaban J connectivity index is 3.03. The molecule has 0 bridgehead atoms. The van der Waals surface area contributed by atoms with Gasteiger partial charge in [0.05, 0.1) is 0 Å². The Morgan fingerprint density at radius 1 is 1.27 bits per heavy atom. The molecule has 0 aliphatic heterocycles. The highest BCUT2D eigenvalue weighted by Crippen LogP contribution is 1.87. The van der Waals surface area contributed by atoms with Gasteiger partial charge in [-0.1, -0.05) is 13.8 Å². The second kappa shape index (κ2) is 6.61. The Morgan fingerprint density at radius 2 is 1.91 bits per heavy atom. The molecule has 3 nitrogen and oxygen atoms in total. The normalized spacial score (nSPS) is 11.3. The molecule has 0 heterocycles. The van der Waals surface area contributed by atoms with Crippen LogP contribution >= 0.6 is 0 Å². The molecular weight excluding hydrogens is 162 g/mol. The summed E-state index contributed by atoms with van der Waals surface area (Å²) in [6.45, 7) is 5.07. The van der Waals surface area contributed by atoms with Crippen LogP contribution in [0.3, 0.4) is 0 Å². The summed E-state index contributed by atoms with van der Waals surface area (Å²) in [5.74, 6) is 0.328. The smallest absolute Gasteiger partial charge is 0.140 e. The molecule has 0 rings (SSSR count). The van der Waals surface area contributed by atoms with Gasteiger partial charge in [0.2, 0.25) is 0 Å². The molecule has 0 amide bonds. The molecule has 1 N–H and O–H groups in total. The van der Waals surface area contributed by atoms with Crippen molar-refractivity contribution in [2.45, 2.75) is 32.7 Å². The maximum absolute atomic E-state index is 10.1. The Labute approximate surface area is 70.1 Å². The van der Waals surface area contributed by atoms with E-state index >= 15 is 0 Å². The molecule has 0 aromatic rings. The minimum atomic E-state index is -2.16. The van der Waals surface area contributed by atoms with E-state index in [4.69, 9.17) is 0 Å². The van der Waals surface area contributed by atoms with Gasteiger partial charge in [-0.3, -0.25) is 0 Å². The van der Waals surface area contributed by atoms with Crippen LogP contribution in [0, 0.1) is 0 Å². The number of unbranched alkanes of at least 4 members (excludes halogenated alkanes) is 1. The molecule has 4 heteroatoms. The number of rotatable bonds is 6. The van der Waals surface area contributed by atoms with Gasteiger partial charge in [-0.2, -0.15) is 0 Å². The molecule has 0 aliphatic rings. The van der Waals surface area contributed by atoms with Crippen LogP contribution in [-0.2, 0) is 10.7 Å². The van der Waals surface area contributed by atoms with Gasteiger partial charge in [0, 0.05) is 11.8 Å². The second-order valence-corrected chi connectivity index (χ2v) is 3.98. The first-order valence-corrected chi connectivity index (χ1v) is 5.34. The molecule has 11 heavy (non-hydrogen) atoms. The molecule has 0 saturated heterocycles. The lowest BCUT2D eigenvalue weighted by molar-refractivity contribution is 0.563. The number of hydrogen-bond acceptors (Lipinski definition) is 3. The van der Waals surface area contributed by atoms with Gasteiger partial charge in [0.1, 0.15) is 10.7 Å². The van der Waals surface area contributed by atoms with Gasteiger partial charge in [-0.15, -0.1) is 0 Å². The van der Waals surface area contributed by atoms with Gasteiger partial charge in [0.25, 0.3) is 0 Å². The van der Waals surface area contributed by atoms with E-state index in [-0.39, 0.29) is 0 Å².